The number of piperidine rings is 2. The normalized spacial score (nSPS) is 19.6. The zero-order valence-corrected chi connectivity index (χ0v) is 19.2. The molecule has 2 fully saturated rings. The first kappa shape index (κ1) is 21.5. The standard InChI is InChI=1S/C21H29N3O4S2/c1-15(2)24-18-7-6-17(14-19(18)29-21(24)26)30(27,28)23-12-8-16(9-13-23)20(25)22-10-4-3-5-11-22/h6-7,14-16H,3-5,8-13H2,1-2H3. The molecule has 9 heteroatoms. The summed E-state index contributed by atoms with van der Waals surface area (Å²) in [6.45, 7) is 6.25. The Labute approximate surface area is 181 Å². The summed E-state index contributed by atoms with van der Waals surface area (Å²) in [4.78, 5) is 27.1. The second-order valence-corrected chi connectivity index (χ2v) is 11.5. The molecule has 0 radical (unpaired) electrons. The fraction of sp³-hybridized carbons (Fsp3) is 0.619. The van der Waals surface area contributed by atoms with Crippen LogP contribution in [0.4, 0.5) is 0 Å². The van der Waals surface area contributed by atoms with Crippen molar-refractivity contribution in [3.05, 3.63) is 27.9 Å². The van der Waals surface area contributed by atoms with Crippen LogP contribution in [0.5, 0.6) is 0 Å². The van der Waals surface area contributed by atoms with Crippen molar-refractivity contribution in [3.63, 3.8) is 0 Å². The number of amides is 1. The highest BCUT2D eigenvalue weighted by molar-refractivity contribution is 7.89. The Bertz CT molecular complexity index is 1090. The molecule has 0 atom stereocenters. The van der Waals surface area contributed by atoms with Crippen molar-refractivity contribution in [1.29, 1.82) is 0 Å². The Morgan fingerprint density at radius 3 is 2.37 bits per heavy atom. The maximum atomic E-state index is 13.2. The first-order valence-corrected chi connectivity index (χ1v) is 13.0. The zero-order chi connectivity index (χ0) is 21.5. The quantitative estimate of drug-likeness (QED) is 0.716. The van der Waals surface area contributed by atoms with E-state index in [9.17, 15) is 18.0 Å². The Morgan fingerprint density at radius 2 is 1.73 bits per heavy atom. The van der Waals surface area contributed by atoms with Gasteiger partial charge in [0.1, 0.15) is 0 Å². The summed E-state index contributed by atoms with van der Waals surface area (Å²) in [5.41, 5.74) is 0.768. The molecule has 7 nitrogen and oxygen atoms in total. The Hall–Kier alpha value is -1.71. The van der Waals surface area contributed by atoms with Crippen molar-refractivity contribution >= 4 is 37.5 Å². The van der Waals surface area contributed by atoms with Crippen LogP contribution in [0.2, 0.25) is 0 Å². The van der Waals surface area contributed by atoms with Crippen LogP contribution in [0.1, 0.15) is 52.0 Å². The lowest BCUT2D eigenvalue weighted by atomic mass is 9.95. The zero-order valence-electron chi connectivity index (χ0n) is 17.5. The Balaban J connectivity index is 1.49. The number of sulfonamides is 1. The number of rotatable bonds is 4. The topological polar surface area (TPSA) is 79.7 Å². The molecule has 0 N–H and O–H groups in total. The molecule has 2 aliphatic heterocycles. The SMILES string of the molecule is CC(C)n1c(=O)sc2cc(S(=O)(=O)N3CCC(C(=O)N4CCCCC4)CC3)ccc21. The fourth-order valence-electron chi connectivity index (χ4n) is 4.53. The number of benzene rings is 1. The number of aromatic nitrogens is 1. The van der Waals surface area contributed by atoms with Gasteiger partial charge in [-0.05, 0) is 64.2 Å². The van der Waals surface area contributed by atoms with Gasteiger partial charge in [0.25, 0.3) is 0 Å². The second-order valence-electron chi connectivity index (χ2n) is 8.53. The number of hydrogen-bond donors (Lipinski definition) is 0. The van der Waals surface area contributed by atoms with Gasteiger partial charge in [0.05, 0.1) is 15.1 Å². The largest absolute Gasteiger partial charge is 0.342 e. The van der Waals surface area contributed by atoms with E-state index in [4.69, 9.17) is 0 Å². The van der Waals surface area contributed by atoms with Crippen LogP contribution in [-0.2, 0) is 14.8 Å². The van der Waals surface area contributed by atoms with E-state index >= 15 is 0 Å². The number of carbonyl (C=O) groups is 1. The van der Waals surface area contributed by atoms with Crippen molar-refractivity contribution in [1.82, 2.24) is 13.8 Å². The van der Waals surface area contributed by atoms with Crippen LogP contribution in [0.3, 0.4) is 0 Å². The molecular weight excluding hydrogens is 422 g/mol. The molecule has 0 unspecified atom stereocenters. The molecule has 0 spiro atoms. The number of hydrogen-bond acceptors (Lipinski definition) is 5. The van der Waals surface area contributed by atoms with Crippen molar-refractivity contribution in [2.75, 3.05) is 26.2 Å². The van der Waals surface area contributed by atoms with E-state index in [1.54, 1.807) is 22.8 Å². The first-order chi connectivity index (χ1) is 14.3. The highest BCUT2D eigenvalue weighted by Crippen LogP contribution is 2.29. The summed E-state index contributed by atoms with van der Waals surface area (Å²) < 4.78 is 30.2. The minimum atomic E-state index is -3.65. The van der Waals surface area contributed by atoms with Gasteiger partial charge >= 0.3 is 4.87 Å². The number of nitrogens with zero attached hydrogens (tertiary/aromatic N) is 3. The van der Waals surface area contributed by atoms with E-state index in [0.29, 0.717) is 30.6 Å². The third kappa shape index (κ3) is 3.94. The van der Waals surface area contributed by atoms with Crippen LogP contribution in [0, 0.1) is 5.92 Å². The number of likely N-dealkylation sites (tertiary alicyclic amines) is 1. The molecule has 164 valence electrons. The van der Waals surface area contributed by atoms with Crippen LogP contribution < -0.4 is 4.87 Å². The van der Waals surface area contributed by atoms with Crippen LogP contribution in [-0.4, -0.2) is 54.3 Å². The Kier molecular flexibility index (Phi) is 6.05. The molecule has 0 aliphatic carbocycles. The third-order valence-corrected chi connectivity index (χ3v) is 9.02. The molecule has 2 aliphatic rings. The third-order valence-electron chi connectivity index (χ3n) is 6.21. The van der Waals surface area contributed by atoms with E-state index < -0.39 is 10.0 Å². The van der Waals surface area contributed by atoms with Gasteiger partial charge in [-0.2, -0.15) is 4.31 Å². The van der Waals surface area contributed by atoms with Crippen molar-refractivity contribution in [3.8, 4) is 0 Å². The minimum Gasteiger partial charge on any atom is -0.342 e. The lowest BCUT2D eigenvalue weighted by Gasteiger charge is -2.35. The van der Waals surface area contributed by atoms with Crippen molar-refractivity contribution in [2.45, 2.75) is 56.9 Å². The summed E-state index contributed by atoms with van der Waals surface area (Å²) in [5, 5.41) is 0. The summed E-state index contributed by atoms with van der Waals surface area (Å²) in [6, 6.07) is 4.95. The average Bonchev–Trinajstić information content (AvgIpc) is 3.09. The van der Waals surface area contributed by atoms with Gasteiger partial charge < -0.3 is 4.90 Å². The first-order valence-electron chi connectivity index (χ1n) is 10.7. The molecule has 2 aromatic rings. The molecule has 30 heavy (non-hydrogen) atoms. The van der Waals surface area contributed by atoms with E-state index in [1.165, 1.54) is 10.7 Å². The maximum absolute atomic E-state index is 13.2. The molecule has 1 amide bonds. The monoisotopic (exact) mass is 451 g/mol. The second kappa shape index (κ2) is 8.43. The molecule has 2 saturated heterocycles. The summed E-state index contributed by atoms with van der Waals surface area (Å²) in [7, 11) is -3.65. The number of fused-ring (bicyclic) bond motifs is 1. The predicted octanol–water partition coefficient (Wildman–Crippen LogP) is 3.06. The maximum Gasteiger partial charge on any atom is 0.308 e. The van der Waals surface area contributed by atoms with Gasteiger partial charge in [-0.25, -0.2) is 8.42 Å². The lowest BCUT2D eigenvalue weighted by Crippen LogP contribution is -2.45. The van der Waals surface area contributed by atoms with E-state index in [0.717, 1.165) is 42.8 Å². The van der Waals surface area contributed by atoms with E-state index in [1.807, 2.05) is 18.7 Å². The molecule has 1 aromatic carbocycles. The van der Waals surface area contributed by atoms with Gasteiger partial charge in [-0.15, -0.1) is 0 Å². The minimum absolute atomic E-state index is 0.0187. The number of carbonyl (C=O) groups excluding carboxylic acids is 1. The average molecular weight is 452 g/mol. The highest BCUT2D eigenvalue weighted by Gasteiger charge is 2.34. The van der Waals surface area contributed by atoms with Crippen LogP contribution in [0.15, 0.2) is 27.9 Å². The molecular formula is C21H29N3O4S2. The van der Waals surface area contributed by atoms with Crippen molar-refractivity contribution in [2.24, 2.45) is 5.92 Å². The molecule has 0 bridgehead atoms. The Morgan fingerprint density at radius 1 is 1.07 bits per heavy atom. The summed E-state index contributed by atoms with van der Waals surface area (Å²) >= 11 is 1.08. The summed E-state index contributed by atoms with van der Waals surface area (Å²) in [6.07, 6.45) is 4.43. The number of thiazole rings is 1. The predicted molar refractivity (Wildman–Crippen MR) is 118 cm³/mol. The van der Waals surface area contributed by atoms with Gasteiger partial charge in [0, 0.05) is 38.1 Å². The van der Waals surface area contributed by atoms with Gasteiger partial charge in [0.15, 0.2) is 0 Å². The van der Waals surface area contributed by atoms with Crippen LogP contribution in [0.25, 0.3) is 10.2 Å². The van der Waals surface area contributed by atoms with Gasteiger partial charge in [0.2, 0.25) is 15.9 Å². The molecule has 1 aromatic heterocycles. The van der Waals surface area contributed by atoms with E-state index in [2.05, 4.69) is 0 Å². The molecule has 0 saturated carbocycles. The highest BCUT2D eigenvalue weighted by atomic mass is 32.2. The van der Waals surface area contributed by atoms with Gasteiger partial charge in [-0.1, -0.05) is 11.3 Å². The summed E-state index contributed by atoms with van der Waals surface area (Å²) in [5.74, 6) is 0.107. The molecule has 3 heterocycles. The van der Waals surface area contributed by atoms with Crippen molar-refractivity contribution < 1.29 is 13.2 Å². The lowest BCUT2D eigenvalue weighted by molar-refractivity contribution is -0.137. The fourth-order valence-corrected chi connectivity index (χ4v) is 7.15. The molecule has 4 rings (SSSR count). The van der Waals surface area contributed by atoms with Crippen LogP contribution >= 0.6 is 11.3 Å². The smallest absolute Gasteiger partial charge is 0.308 e. The van der Waals surface area contributed by atoms with Gasteiger partial charge in [-0.3, -0.25) is 14.2 Å². The van der Waals surface area contributed by atoms with E-state index in [-0.39, 0.29) is 27.6 Å².